The number of hydrogen-bond acceptors (Lipinski definition) is 4. The van der Waals surface area contributed by atoms with Gasteiger partial charge < -0.3 is 30.3 Å². The number of amides is 3. The minimum atomic E-state index is -0.993. The molecule has 1 unspecified atom stereocenters. The van der Waals surface area contributed by atoms with Crippen molar-refractivity contribution in [2.45, 2.75) is 70.4 Å². The van der Waals surface area contributed by atoms with Gasteiger partial charge in [-0.1, -0.05) is 62.8 Å². The van der Waals surface area contributed by atoms with Crippen LogP contribution in [0.2, 0.25) is 5.02 Å². The number of rotatable bonds is 15. The first-order valence-electron chi connectivity index (χ1n) is 13.3. The van der Waals surface area contributed by atoms with E-state index in [2.05, 4.69) is 17.6 Å². The zero-order chi connectivity index (χ0) is 26.3. The summed E-state index contributed by atoms with van der Waals surface area (Å²) < 4.78 is 6.10. The van der Waals surface area contributed by atoms with Crippen molar-refractivity contribution >= 4 is 23.7 Å². The number of nitrogens with zero attached hydrogens (tertiary/aromatic N) is 2. The Balaban J connectivity index is 2.01. The van der Waals surface area contributed by atoms with E-state index < -0.39 is 6.09 Å². The number of urea groups is 1. The average molecular weight is 525 g/mol. The fourth-order valence-electron chi connectivity index (χ4n) is 4.87. The maximum Gasteiger partial charge on any atom is 0.407 e. The Morgan fingerprint density at radius 2 is 1.94 bits per heavy atom. The van der Waals surface area contributed by atoms with E-state index in [1.165, 1.54) is 44.1 Å². The van der Waals surface area contributed by atoms with Crippen molar-refractivity contribution in [2.75, 3.05) is 46.9 Å². The van der Waals surface area contributed by atoms with E-state index >= 15 is 0 Å². The van der Waals surface area contributed by atoms with Crippen molar-refractivity contribution in [1.29, 1.82) is 0 Å². The van der Waals surface area contributed by atoms with Crippen molar-refractivity contribution in [3.05, 3.63) is 34.9 Å². The molecule has 3 amide bonds. The van der Waals surface area contributed by atoms with E-state index in [0.717, 1.165) is 24.9 Å². The van der Waals surface area contributed by atoms with E-state index in [4.69, 9.17) is 21.4 Å². The fraction of sp³-hybridized carbons (Fsp3) is 0.704. The Labute approximate surface area is 221 Å². The van der Waals surface area contributed by atoms with Crippen LogP contribution >= 0.6 is 11.6 Å². The summed E-state index contributed by atoms with van der Waals surface area (Å²) in [7, 11) is 3.45. The summed E-state index contributed by atoms with van der Waals surface area (Å²) in [4.78, 5) is 27.5. The number of carbonyl (C=O) groups is 2. The number of nitrogens with one attached hydrogen (secondary N) is 2. The van der Waals surface area contributed by atoms with Gasteiger partial charge in [-0.15, -0.1) is 0 Å². The molecule has 1 aliphatic carbocycles. The molecular formula is C27H45ClN4O4. The second-order valence-corrected chi connectivity index (χ2v) is 10.3. The normalized spacial score (nSPS) is 15.8. The molecule has 0 aliphatic heterocycles. The lowest BCUT2D eigenvalue weighted by Gasteiger charge is -2.31. The third-order valence-electron chi connectivity index (χ3n) is 6.86. The van der Waals surface area contributed by atoms with Crippen LogP contribution in [0.4, 0.5) is 9.59 Å². The average Bonchev–Trinajstić information content (AvgIpc) is 2.85. The maximum absolute atomic E-state index is 13.3. The van der Waals surface area contributed by atoms with Gasteiger partial charge in [0.15, 0.2) is 0 Å². The van der Waals surface area contributed by atoms with Gasteiger partial charge >= 0.3 is 12.1 Å². The smallest absolute Gasteiger partial charge is 0.407 e. The molecule has 0 aromatic heterocycles. The number of hydrogen-bond donors (Lipinski definition) is 3. The van der Waals surface area contributed by atoms with E-state index in [0.29, 0.717) is 30.5 Å². The number of carbonyl (C=O) groups excluding carboxylic acids is 1. The zero-order valence-electron chi connectivity index (χ0n) is 22.2. The van der Waals surface area contributed by atoms with Crippen LogP contribution in [0.1, 0.15) is 70.0 Å². The number of carboxylic acid groups (broad SMARTS) is 1. The SMILES string of the molecule is CCCN(CCC(OCCN(C)C(=O)O)c1cccc(Cl)c1)C(=O)N[C@H](CNC)CC1CCCCC1. The van der Waals surface area contributed by atoms with Gasteiger partial charge in [0.2, 0.25) is 0 Å². The lowest BCUT2D eigenvalue weighted by molar-refractivity contribution is 0.0308. The molecule has 0 saturated heterocycles. The standard InChI is InChI=1S/C27H45ClN4O4/c1-4-14-32(26(33)30-24(20-29-2)18-21-9-6-5-7-10-21)15-13-25(22-11-8-12-23(28)19-22)36-17-16-31(3)27(34)35/h8,11-12,19,21,24-25,29H,4-7,9-10,13-18,20H2,1-3H3,(H,30,33)(H,34,35)/t24-,25?/m0/s1. The van der Waals surface area contributed by atoms with Crippen LogP contribution in [0.3, 0.4) is 0 Å². The molecule has 1 fully saturated rings. The van der Waals surface area contributed by atoms with Crippen LogP contribution in [0.15, 0.2) is 24.3 Å². The van der Waals surface area contributed by atoms with E-state index in [1.54, 1.807) is 0 Å². The molecule has 1 aromatic carbocycles. The van der Waals surface area contributed by atoms with Crippen LogP contribution in [0.25, 0.3) is 0 Å². The van der Waals surface area contributed by atoms with E-state index in [-0.39, 0.29) is 31.3 Å². The van der Waals surface area contributed by atoms with Gasteiger partial charge in [-0.3, -0.25) is 0 Å². The summed E-state index contributed by atoms with van der Waals surface area (Å²) >= 11 is 6.22. The Bertz CT molecular complexity index is 791. The van der Waals surface area contributed by atoms with Gasteiger partial charge in [0.1, 0.15) is 0 Å². The summed E-state index contributed by atoms with van der Waals surface area (Å²) in [5.41, 5.74) is 0.919. The molecule has 0 radical (unpaired) electrons. The first-order chi connectivity index (χ1) is 17.3. The van der Waals surface area contributed by atoms with E-state index in [1.807, 2.05) is 36.2 Å². The molecule has 0 spiro atoms. The number of benzene rings is 1. The molecule has 2 atom stereocenters. The molecule has 1 aromatic rings. The van der Waals surface area contributed by atoms with Gasteiger partial charge in [-0.25, -0.2) is 9.59 Å². The van der Waals surface area contributed by atoms with Crippen LogP contribution in [0.5, 0.6) is 0 Å². The highest BCUT2D eigenvalue weighted by Crippen LogP contribution is 2.28. The number of likely N-dealkylation sites (N-methyl/N-ethyl adjacent to an activating group) is 2. The maximum atomic E-state index is 13.3. The van der Waals surface area contributed by atoms with Gasteiger partial charge in [0.25, 0.3) is 0 Å². The predicted molar refractivity (Wildman–Crippen MR) is 145 cm³/mol. The Morgan fingerprint density at radius 1 is 1.19 bits per heavy atom. The molecule has 1 aliphatic rings. The van der Waals surface area contributed by atoms with Crippen LogP contribution in [-0.4, -0.2) is 80.0 Å². The van der Waals surface area contributed by atoms with Crippen molar-refractivity contribution < 1.29 is 19.4 Å². The molecule has 0 heterocycles. The van der Waals surface area contributed by atoms with Crippen molar-refractivity contribution in [3.63, 3.8) is 0 Å². The van der Waals surface area contributed by atoms with Gasteiger partial charge in [-0.05, 0) is 49.9 Å². The topological polar surface area (TPSA) is 94.1 Å². The monoisotopic (exact) mass is 524 g/mol. The second-order valence-electron chi connectivity index (χ2n) is 9.84. The quantitative estimate of drug-likeness (QED) is 0.286. The molecule has 36 heavy (non-hydrogen) atoms. The predicted octanol–water partition coefficient (Wildman–Crippen LogP) is 5.38. The Hall–Kier alpha value is -2.03. The summed E-state index contributed by atoms with van der Waals surface area (Å²) in [6.07, 6.45) is 7.59. The fourth-order valence-corrected chi connectivity index (χ4v) is 5.07. The summed E-state index contributed by atoms with van der Waals surface area (Å²) in [6, 6.07) is 7.58. The first-order valence-corrected chi connectivity index (χ1v) is 13.7. The minimum Gasteiger partial charge on any atom is -0.465 e. The highest BCUT2D eigenvalue weighted by atomic mass is 35.5. The number of halogens is 1. The van der Waals surface area contributed by atoms with E-state index in [9.17, 15) is 9.59 Å². The largest absolute Gasteiger partial charge is 0.465 e. The molecule has 9 heteroatoms. The van der Waals surface area contributed by atoms with Crippen molar-refractivity contribution in [2.24, 2.45) is 5.92 Å². The van der Waals surface area contributed by atoms with Crippen LogP contribution in [-0.2, 0) is 4.74 Å². The summed E-state index contributed by atoms with van der Waals surface area (Å²) in [5.74, 6) is 0.682. The number of ether oxygens (including phenoxy) is 1. The molecule has 1 saturated carbocycles. The highest BCUT2D eigenvalue weighted by Gasteiger charge is 2.23. The van der Waals surface area contributed by atoms with Crippen molar-refractivity contribution in [3.8, 4) is 0 Å². The highest BCUT2D eigenvalue weighted by molar-refractivity contribution is 6.30. The molecule has 2 rings (SSSR count). The lowest BCUT2D eigenvalue weighted by atomic mass is 9.85. The molecule has 8 nitrogen and oxygen atoms in total. The summed E-state index contributed by atoms with van der Waals surface area (Å²) in [5, 5.41) is 16.2. The molecular weight excluding hydrogens is 480 g/mol. The van der Waals surface area contributed by atoms with Crippen LogP contribution in [0, 0.1) is 5.92 Å². The lowest BCUT2D eigenvalue weighted by Crippen LogP contribution is -2.49. The van der Waals surface area contributed by atoms with Gasteiger partial charge in [0.05, 0.1) is 12.7 Å². The third kappa shape index (κ3) is 10.9. The first kappa shape index (κ1) is 30.2. The Kier molecular flexibility index (Phi) is 14.0. The zero-order valence-corrected chi connectivity index (χ0v) is 22.9. The minimum absolute atomic E-state index is 0.0386. The molecule has 204 valence electrons. The molecule has 0 bridgehead atoms. The van der Waals surface area contributed by atoms with Gasteiger partial charge in [-0.2, -0.15) is 0 Å². The second kappa shape index (κ2) is 16.7. The Morgan fingerprint density at radius 3 is 2.58 bits per heavy atom. The van der Waals surface area contributed by atoms with Crippen LogP contribution < -0.4 is 10.6 Å². The third-order valence-corrected chi connectivity index (χ3v) is 7.09. The summed E-state index contributed by atoms with van der Waals surface area (Å²) in [6.45, 7) is 4.53. The van der Waals surface area contributed by atoms with Crippen molar-refractivity contribution in [1.82, 2.24) is 20.4 Å². The molecule has 3 N–H and O–H groups in total. The van der Waals surface area contributed by atoms with Gasteiger partial charge in [0, 0.05) is 44.3 Å².